The summed E-state index contributed by atoms with van der Waals surface area (Å²) in [6.07, 6.45) is -2.28. The van der Waals surface area contributed by atoms with Crippen LogP contribution in [0, 0.1) is 17.8 Å². The van der Waals surface area contributed by atoms with Crippen LogP contribution >= 0.6 is 0 Å². The molecule has 0 N–H and O–H groups in total. The molecule has 1 spiro atoms. The maximum absolute atomic E-state index is 14.2. The number of likely N-dealkylation sites (tertiary alicyclic amines) is 1. The lowest BCUT2D eigenvalue weighted by atomic mass is 9.48. The lowest BCUT2D eigenvalue weighted by Gasteiger charge is -2.65. The Balaban J connectivity index is 1.31. The number of alkyl halides is 3. The second-order valence-corrected chi connectivity index (χ2v) is 15.0. The van der Waals surface area contributed by atoms with Crippen LogP contribution in [0.3, 0.4) is 0 Å². The van der Waals surface area contributed by atoms with Crippen LogP contribution in [-0.2, 0) is 43.6 Å². The molecule has 2 aliphatic carbocycles. The SMILES string of the molecule is CC(=O)Oc1ccc2c3c1O[C@H]1[C@@H](N(CC(C)C)C(=O)C#Cc4ccc(C(F)(F)F)cc4)CC[C@@]4(OC(C)=O)[C@@H](C2)N(CCc2ccccc2)CC[C@]314. The van der Waals surface area contributed by atoms with E-state index < -0.39 is 52.7 Å². The third kappa shape index (κ3) is 6.45. The molecule has 7 rings (SSSR count). The number of nitrogens with zero attached hydrogens (tertiary/aromatic N) is 2. The minimum Gasteiger partial charge on any atom is -0.483 e. The number of esters is 2. The highest BCUT2D eigenvalue weighted by Gasteiger charge is 2.75. The minimum atomic E-state index is -4.48. The van der Waals surface area contributed by atoms with Gasteiger partial charge in [-0.05, 0) is 86.0 Å². The number of ether oxygens (including phenoxy) is 3. The van der Waals surface area contributed by atoms with Crippen LogP contribution in [0.4, 0.5) is 13.2 Å². The average Bonchev–Trinajstić information content (AvgIpc) is 3.46. The molecule has 2 heterocycles. The third-order valence-electron chi connectivity index (χ3n) is 11.3. The number of carbonyl (C=O) groups excluding carboxylic acids is 3. The number of halogens is 3. The summed E-state index contributed by atoms with van der Waals surface area (Å²) in [6.45, 7) is 8.55. The number of amides is 1. The molecule has 1 amide bonds. The van der Waals surface area contributed by atoms with Crippen molar-refractivity contribution in [2.24, 2.45) is 5.92 Å². The van der Waals surface area contributed by atoms with Gasteiger partial charge in [0.05, 0.1) is 23.1 Å². The summed E-state index contributed by atoms with van der Waals surface area (Å²) in [4.78, 5) is 43.8. The van der Waals surface area contributed by atoms with E-state index in [0.717, 1.165) is 36.2 Å². The zero-order valence-electron chi connectivity index (χ0n) is 30.3. The van der Waals surface area contributed by atoms with Gasteiger partial charge < -0.3 is 19.1 Å². The molecule has 0 unspecified atom stereocenters. The van der Waals surface area contributed by atoms with Crippen LogP contribution in [0.15, 0.2) is 66.7 Å². The van der Waals surface area contributed by atoms with Gasteiger partial charge >= 0.3 is 18.1 Å². The Morgan fingerprint density at radius 2 is 1.74 bits per heavy atom. The van der Waals surface area contributed by atoms with Gasteiger partial charge in [-0.3, -0.25) is 19.3 Å². The summed E-state index contributed by atoms with van der Waals surface area (Å²) in [7, 11) is 0. The monoisotopic (exact) mass is 728 g/mol. The van der Waals surface area contributed by atoms with Gasteiger partial charge in [0, 0.05) is 44.0 Å². The minimum absolute atomic E-state index is 0.0411. The van der Waals surface area contributed by atoms with Crippen molar-refractivity contribution < 1.29 is 41.8 Å². The van der Waals surface area contributed by atoms with Crippen molar-refractivity contribution in [3.63, 3.8) is 0 Å². The summed E-state index contributed by atoms with van der Waals surface area (Å²) < 4.78 is 58.8. The molecule has 0 radical (unpaired) electrons. The summed E-state index contributed by atoms with van der Waals surface area (Å²) in [5, 5.41) is 0. The molecule has 2 aliphatic heterocycles. The van der Waals surface area contributed by atoms with Crippen LogP contribution in [0.25, 0.3) is 0 Å². The summed E-state index contributed by atoms with van der Waals surface area (Å²) >= 11 is 0. The summed E-state index contributed by atoms with van der Waals surface area (Å²) in [6, 6.07) is 17.7. The van der Waals surface area contributed by atoms with E-state index in [0.29, 0.717) is 44.5 Å². The molecule has 4 aliphatic rings. The number of hydrogen-bond donors (Lipinski definition) is 0. The smallest absolute Gasteiger partial charge is 0.416 e. The van der Waals surface area contributed by atoms with Crippen molar-refractivity contribution in [3.8, 4) is 23.3 Å². The number of carbonyl (C=O) groups is 3. The maximum atomic E-state index is 14.2. The zero-order valence-corrected chi connectivity index (χ0v) is 30.3. The van der Waals surface area contributed by atoms with Gasteiger partial charge in [0.25, 0.3) is 5.91 Å². The molecule has 5 atom stereocenters. The van der Waals surface area contributed by atoms with E-state index in [9.17, 15) is 27.6 Å². The van der Waals surface area contributed by atoms with Gasteiger partial charge in [-0.1, -0.05) is 56.2 Å². The predicted molar refractivity (Wildman–Crippen MR) is 190 cm³/mol. The van der Waals surface area contributed by atoms with Crippen molar-refractivity contribution in [2.45, 2.75) is 95.2 Å². The van der Waals surface area contributed by atoms with E-state index >= 15 is 0 Å². The molecule has 1 saturated carbocycles. The molecule has 53 heavy (non-hydrogen) atoms. The van der Waals surface area contributed by atoms with Crippen molar-refractivity contribution >= 4 is 17.8 Å². The van der Waals surface area contributed by atoms with Crippen LogP contribution in [-0.4, -0.2) is 71.1 Å². The van der Waals surface area contributed by atoms with E-state index in [1.54, 1.807) is 11.0 Å². The molecule has 2 bridgehead atoms. The first-order chi connectivity index (χ1) is 25.2. The fourth-order valence-electron chi connectivity index (χ4n) is 9.47. The van der Waals surface area contributed by atoms with E-state index in [1.807, 2.05) is 38.1 Å². The lowest BCUT2D eigenvalue weighted by molar-refractivity contribution is -0.224. The average molecular weight is 729 g/mol. The number of hydrogen-bond acceptors (Lipinski definition) is 7. The Kier molecular flexibility index (Phi) is 9.56. The zero-order chi connectivity index (χ0) is 37.7. The predicted octanol–water partition coefficient (Wildman–Crippen LogP) is 6.50. The second kappa shape index (κ2) is 13.9. The fraction of sp³-hybridized carbons (Fsp3) is 0.452. The first-order valence-corrected chi connectivity index (χ1v) is 18.2. The van der Waals surface area contributed by atoms with Crippen LogP contribution in [0.5, 0.6) is 11.5 Å². The first kappa shape index (κ1) is 36.5. The van der Waals surface area contributed by atoms with Gasteiger partial charge in [0.2, 0.25) is 0 Å². The highest BCUT2D eigenvalue weighted by molar-refractivity contribution is 5.94. The molecule has 1 saturated heterocycles. The van der Waals surface area contributed by atoms with E-state index in [1.165, 1.54) is 31.5 Å². The Bertz CT molecular complexity index is 1970. The van der Waals surface area contributed by atoms with Gasteiger partial charge in [-0.25, -0.2) is 0 Å². The summed E-state index contributed by atoms with van der Waals surface area (Å²) in [5.74, 6) is 4.87. The molecule has 3 aromatic rings. The van der Waals surface area contributed by atoms with Gasteiger partial charge in [0.1, 0.15) is 11.7 Å². The quantitative estimate of drug-likeness (QED) is 0.149. The molecule has 0 aromatic heterocycles. The maximum Gasteiger partial charge on any atom is 0.416 e. The van der Waals surface area contributed by atoms with Gasteiger partial charge in [0.15, 0.2) is 11.5 Å². The van der Waals surface area contributed by atoms with Crippen LogP contribution < -0.4 is 9.47 Å². The molecule has 2 fully saturated rings. The first-order valence-electron chi connectivity index (χ1n) is 18.2. The van der Waals surface area contributed by atoms with Crippen molar-refractivity contribution in [2.75, 3.05) is 19.6 Å². The molecule has 278 valence electrons. The molecule has 11 heteroatoms. The van der Waals surface area contributed by atoms with E-state index in [2.05, 4.69) is 28.9 Å². The normalized spacial score (nSPS) is 25.4. The topological polar surface area (TPSA) is 85.4 Å². The lowest BCUT2D eigenvalue weighted by Crippen LogP contribution is -2.79. The largest absolute Gasteiger partial charge is 0.483 e. The standard InChI is InChI=1S/C42H43F3N2O6/c1-26(2)25-47(36(50)17-12-30-10-14-32(15-11-30)42(43,44)45)33-18-20-41(53-28(4)49)35-24-31-13-16-34(51-27(3)48)38-37(31)40(41,39(33)52-38)21-23-46(35)22-19-29-8-6-5-7-9-29/h5-11,13-16,26,33,35,39H,18-25H2,1-4H3/t33-,35+,39-,40-,41+/m0/s1. The van der Waals surface area contributed by atoms with Crippen molar-refractivity contribution in [1.82, 2.24) is 9.80 Å². The fourth-order valence-corrected chi connectivity index (χ4v) is 9.47. The third-order valence-corrected chi connectivity index (χ3v) is 11.3. The highest BCUT2D eigenvalue weighted by atomic mass is 19.4. The Labute approximate surface area is 307 Å². The van der Waals surface area contributed by atoms with Crippen LogP contribution in [0.2, 0.25) is 0 Å². The van der Waals surface area contributed by atoms with Gasteiger partial charge in [-0.15, -0.1) is 0 Å². The van der Waals surface area contributed by atoms with Gasteiger partial charge in [-0.2, -0.15) is 13.2 Å². The van der Waals surface area contributed by atoms with E-state index in [4.69, 9.17) is 14.2 Å². The van der Waals surface area contributed by atoms with Crippen molar-refractivity contribution in [1.29, 1.82) is 0 Å². The Morgan fingerprint density at radius 3 is 2.40 bits per heavy atom. The van der Waals surface area contributed by atoms with Crippen LogP contribution in [0.1, 0.15) is 74.8 Å². The Morgan fingerprint density at radius 1 is 1.00 bits per heavy atom. The molecule has 8 nitrogen and oxygen atoms in total. The molecular weight excluding hydrogens is 685 g/mol. The second-order valence-electron chi connectivity index (χ2n) is 15.0. The highest BCUT2D eigenvalue weighted by Crippen LogP contribution is 2.67. The molecular formula is C42H43F3N2O6. The number of benzene rings is 3. The Hall–Kier alpha value is -4.82. The van der Waals surface area contributed by atoms with Crippen molar-refractivity contribution in [3.05, 3.63) is 94.5 Å². The number of piperidine rings is 1. The molecule has 3 aromatic carbocycles. The number of rotatable bonds is 8. The van der Waals surface area contributed by atoms with E-state index in [-0.39, 0.29) is 23.3 Å². The summed E-state index contributed by atoms with van der Waals surface area (Å²) in [5.41, 5.74) is 0.732.